The van der Waals surface area contributed by atoms with Crippen LogP contribution in [0.1, 0.15) is 39.0 Å². The summed E-state index contributed by atoms with van der Waals surface area (Å²) in [7, 11) is 0. The third-order valence-corrected chi connectivity index (χ3v) is 2.66. The molecule has 0 amide bonds. The van der Waals surface area contributed by atoms with Crippen LogP contribution in [-0.4, -0.2) is 28.9 Å². The minimum atomic E-state index is -0.921. The van der Waals surface area contributed by atoms with Crippen LogP contribution >= 0.6 is 0 Å². The molecule has 4 nitrogen and oxygen atoms in total. The molecule has 0 radical (unpaired) electrons. The maximum absolute atomic E-state index is 11.1. The van der Waals surface area contributed by atoms with Crippen LogP contribution < -0.4 is 5.32 Å². The van der Waals surface area contributed by atoms with Gasteiger partial charge in [0.2, 0.25) is 0 Å². The zero-order chi connectivity index (χ0) is 10.6. The van der Waals surface area contributed by atoms with Crippen LogP contribution in [0.4, 0.5) is 0 Å². The minimum Gasteiger partial charge on any atom is -0.481 e. The number of nitrogens with one attached hydrogen (secondary N) is 1. The van der Waals surface area contributed by atoms with Gasteiger partial charge in [0.1, 0.15) is 5.78 Å². The fraction of sp³-hybridized carbons (Fsp3) is 0.800. The molecule has 2 N–H and O–H groups in total. The van der Waals surface area contributed by atoms with E-state index in [0.717, 1.165) is 12.8 Å². The number of carbonyl (C=O) groups excluding carboxylic acids is 1. The first-order valence-electron chi connectivity index (χ1n) is 5.08. The van der Waals surface area contributed by atoms with E-state index >= 15 is 0 Å². The molecule has 0 aromatic carbocycles. The molecule has 4 heteroatoms. The normalized spacial score (nSPS) is 19.5. The molecular formula is C10H17NO3. The molecule has 0 aromatic rings. The van der Waals surface area contributed by atoms with Gasteiger partial charge in [-0.3, -0.25) is 9.59 Å². The first kappa shape index (κ1) is 11.2. The average molecular weight is 199 g/mol. The lowest BCUT2D eigenvalue weighted by molar-refractivity contribution is -0.139. The van der Waals surface area contributed by atoms with E-state index in [-0.39, 0.29) is 12.2 Å². The second-order valence-electron chi connectivity index (χ2n) is 3.91. The van der Waals surface area contributed by atoms with E-state index < -0.39 is 12.0 Å². The Morgan fingerprint density at radius 1 is 1.43 bits per heavy atom. The number of ketones is 1. The van der Waals surface area contributed by atoms with Gasteiger partial charge in [0.05, 0.1) is 12.5 Å². The summed E-state index contributed by atoms with van der Waals surface area (Å²) in [6, 6.07) is -0.168. The van der Waals surface area contributed by atoms with Crippen molar-refractivity contribution in [1.82, 2.24) is 5.32 Å². The highest BCUT2D eigenvalue weighted by Gasteiger charge is 2.23. The second-order valence-corrected chi connectivity index (χ2v) is 3.91. The third-order valence-electron chi connectivity index (χ3n) is 2.66. The van der Waals surface area contributed by atoms with E-state index in [1.807, 2.05) is 0 Å². The topological polar surface area (TPSA) is 66.4 Å². The first-order chi connectivity index (χ1) is 6.59. The van der Waals surface area contributed by atoms with Gasteiger partial charge in [0.25, 0.3) is 0 Å². The van der Waals surface area contributed by atoms with E-state index in [1.54, 1.807) is 0 Å². The largest absolute Gasteiger partial charge is 0.481 e. The van der Waals surface area contributed by atoms with E-state index in [1.165, 1.54) is 19.8 Å². The van der Waals surface area contributed by atoms with Gasteiger partial charge < -0.3 is 10.4 Å². The number of hydrogen-bond acceptors (Lipinski definition) is 3. The number of hydrogen-bond donors (Lipinski definition) is 2. The summed E-state index contributed by atoms with van der Waals surface area (Å²) in [5.74, 6) is -1.00. The van der Waals surface area contributed by atoms with E-state index in [2.05, 4.69) is 5.32 Å². The standard InChI is InChI=1S/C10H17NO3/c1-7(12)9(6-10(13)14)11-8-4-2-3-5-8/h8-9,11H,2-6H2,1H3,(H,13,14). The van der Waals surface area contributed by atoms with Crippen molar-refractivity contribution in [2.24, 2.45) is 0 Å². The molecule has 1 aliphatic rings. The number of rotatable bonds is 5. The summed E-state index contributed by atoms with van der Waals surface area (Å²) < 4.78 is 0. The highest BCUT2D eigenvalue weighted by molar-refractivity contribution is 5.85. The lowest BCUT2D eigenvalue weighted by Gasteiger charge is -2.18. The van der Waals surface area contributed by atoms with Crippen LogP contribution in [0.5, 0.6) is 0 Å². The van der Waals surface area contributed by atoms with E-state index in [0.29, 0.717) is 6.04 Å². The fourth-order valence-electron chi connectivity index (χ4n) is 1.87. The molecule has 14 heavy (non-hydrogen) atoms. The summed E-state index contributed by atoms with van der Waals surface area (Å²) in [4.78, 5) is 21.6. The van der Waals surface area contributed by atoms with Crippen molar-refractivity contribution >= 4 is 11.8 Å². The van der Waals surface area contributed by atoms with Crippen molar-refractivity contribution < 1.29 is 14.7 Å². The van der Waals surface area contributed by atoms with Gasteiger partial charge in [-0.25, -0.2) is 0 Å². The molecule has 0 bridgehead atoms. The average Bonchev–Trinajstić information content (AvgIpc) is 2.54. The van der Waals surface area contributed by atoms with Gasteiger partial charge in [-0.15, -0.1) is 0 Å². The molecule has 0 saturated heterocycles. The fourth-order valence-corrected chi connectivity index (χ4v) is 1.87. The van der Waals surface area contributed by atoms with Crippen molar-refractivity contribution in [1.29, 1.82) is 0 Å². The summed E-state index contributed by atoms with van der Waals surface area (Å²) in [6.07, 6.45) is 4.36. The quantitative estimate of drug-likeness (QED) is 0.692. The van der Waals surface area contributed by atoms with Crippen LogP contribution in [0.3, 0.4) is 0 Å². The van der Waals surface area contributed by atoms with Crippen molar-refractivity contribution in [3.63, 3.8) is 0 Å². The molecule has 0 aliphatic heterocycles. The Kier molecular flexibility index (Phi) is 4.07. The number of carboxylic acids is 1. The van der Waals surface area contributed by atoms with Gasteiger partial charge in [-0.2, -0.15) is 0 Å². The maximum atomic E-state index is 11.1. The van der Waals surface area contributed by atoms with Crippen molar-refractivity contribution in [2.45, 2.75) is 51.1 Å². The van der Waals surface area contributed by atoms with Gasteiger partial charge in [0, 0.05) is 6.04 Å². The lowest BCUT2D eigenvalue weighted by atomic mass is 10.1. The van der Waals surface area contributed by atoms with Crippen molar-refractivity contribution in [3.05, 3.63) is 0 Å². The Balaban J connectivity index is 2.41. The lowest BCUT2D eigenvalue weighted by Crippen LogP contribution is -2.42. The molecule has 1 atom stereocenters. The number of Topliss-reactive ketones (excluding diaryl/α,β-unsaturated/α-hetero) is 1. The number of carboxylic acid groups (broad SMARTS) is 1. The van der Waals surface area contributed by atoms with Gasteiger partial charge >= 0.3 is 5.97 Å². The Bertz CT molecular complexity index is 221. The van der Waals surface area contributed by atoms with Crippen LogP contribution in [-0.2, 0) is 9.59 Å². The highest BCUT2D eigenvalue weighted by atomic mass is 16.4. The molecule has 0 spiro atoms. The highest BCUT2D eigenvalue weighted by Crippen LogP contribution is 2.18. The zero-order valence-corrected chi connectivity index (χ0v) is 8.45. The Hall–Kier alpha value is -0.900. The monoisotopic (exact) mass is 199 g/mol. The zero-order valence-electron chi connectivity index (χ0n) is 8.45. The SMILES string of the molecule is CC(=O)C(CC(=O)O)NC1CCCC1. The second kappa shape index (κ2) is 5.10. The first-order valence-corrected chi connectivity index (χ1v) is 5.08. The maximum Gasteiger partial charge on any atom is 0.305 e. The summed E-state index contributed by atoms with van der Waals surface area (Å²) in [6.45, 7) is 1.44. The van der Waals surface area contributed by atoms with E-state index in [9.17, 15) is 9.59 Å². The van der Waals surface area contributed by atoms with E-state index in [4.69, 9.17) is 5.11 Å². The van der Waals surface area contributed by atoms with Crippen LogP contribution in [0.15, 0.2) is 0 Å². The molecule has 0 heterocycles. The van der Waals surface area contributed by atoms with Gasteiger partial charge in [-0.1, -0.05) is 12.8 Å². The van der Waals surface area contributed by atoms with Gasteiger partial charge in [0.15, 0.2) is 0 Å². The molecule has 1 saturated carbocycles. The number of aliphatic carboxylic acids is 1. The molecule has 1 rings (SSSR count). The van der Waals surface area contributed by atoms with Crippen molar-refractivity contribution in [3.8, 4) is 0 Å². The summed E-state index contributed by atoms with van der Waals surface area (Å²) >= 11 is 0. The van der Waals surface area contributed by atoms with Crippen molar-refractivity contribution in [2.75, 3.05) is 0 Å². The Morgan fingerprint density at radius 2 is 2.00 bits per heavy atom. The van der Waals surface area contributed by atoms with Crippen LogP contribution in [0.2, 0.25) is 0 Å². The predicted molar refractivity (Wildman–Crippen MR) is 52.1 cm³/mol. The molecule has 0 aromatic heterocycles. The number of carbonyl (C=O) groups is 2. The predicted octanol–water partition coefficient (Wildman–Crippen LogP) is 0.951. The van der Waals surface area contributed by atoms with Crippen LogP contribution in [0, 0.1) is 0 Å². The molecule has 80 valence electrons. The Morgan fingerprint density at radius 3 is 2.43 bits per heavy atom. The smallest absolute Gasteiger partial charge is 0.305 e. The molecular weight excluding hydrogens is 182 g/mol. The minimum absolute atomic E-state index is 0.0840. The van der Waals surface area contributed by atoms with Crippen LogP contribution in [0.25, 0.3) is 0 Å². The molecule has 1 unspecified atom stereocenters. The molecule has 1 aliphatic carbocycles. The Labute approximate surface area is 83.7 Å². The third kappa shape index (κ3) is 3.46. The molecule has 1 fully saturated rings. The summed E-state index contributed by atoms with van der Waals surface area (Å²) in [5.41, 5.74) is 0. The summed E-state index contributed by atoms with van der Waals surface area (Å²) in [5, 5.41) is 11.7. The van der Waals surface area contributed by atoms with Gasteiger partial charge in [-0.05, 0) is 19.8 Å².